The molecule has 0 atom stereocenters. The Labute approximate surface area is 198 Å². The van der Waals surface area contributed by atoms with E-state index in [2.05, 4.69) is 31.8 Å². The van der Waals surface area contributed by atoms with Crippen molar-refractivity contribution in [3.63, 3.8) is 0 Å². The fourth-order valence-corrected chi connectivity index (χ4v) is 4.16. The Kier molecular flexibility index (Phi) is 6.33. The summed E-state index contributed by atoms with van der Waals surface area (Å²) in [6.45, 7) is 4.99. The number of benzene rings is 1. The summed E-state index contributed by atoms with van der Waals surface area (Å²) in [6.07, 6.45) is 3.52. The van der Waals surface area contributed by atoms with Gasteiger partial charge in [-0.1, -0.05) is 12.1 Å². The summed E-state index contributed by atoms with van der Waals surface area (Å²) < 4.78 is 11.4. The molecule has 4 aromatic rings. The fraction of sp³-hybridized carbons (Fsp3) is 0.308. The molecule has 8 heteroatoms. The Morgan fingerprint density at radius 2 is 1.91 bits per heavy atom. The number of carbonyl (C=O) groups is 1. The summed E-state index contributed by atoms with van der Waals surface area (Å²) in [5.74, 6) is 1.18. The lowest BCUT2D eigenvalue weighted by atomic mass is 10.0. The van der Waals surface area contributed by atoms with Crippen LogP contribution in [0.1, 0.15) is 21.6 Å². The molecule has 174 valence electrons. The number of hydrogen-bond donors (Lipinski definition) is 0. The molecule has 0 spiro atoms. The third-order valence-corrected chi connectivity index (χ3v) is 6.17. The summed E-state index contributed by atoms with van der Waals surface area (Å²) in [7, 11) is 3.80. The highest BCUT2D eigenvalue weighted by Gasteiger charge is 2.18. The van der Waals surface area contributed by atoms with E-state index in [0.717, 1.165) is 49.6 Å². The van der Waals surface area contributed by atoms with Gasteiger partial charge >= 0.3 is 0 Å². The minimum Gasteiger partial charge on any atom is -0.496 e. The molecule has 3 aromatic heterocycles. The molecule has 0 amide bonds. The van der Waals surface area contributed by atoms with Crippen molar-refractivity contribution < 1.29 is 13.9 Å². The normalized spacial score (nSPS) is 15.0. The molecule has 5 rings (SSSR count). The molecule has 34 heavy (non-hydrogen) atoms. The van der Waals surface area contributed by atoms with Crippen LogP contribution in [-0.2, 0) is 13.0 Å². The first-order valence-corrected chi connectivity index (χ1v) is 11.4. The maximum Gasteiger partial charge on any atom is 0.229 e. The van der Waals surface area contributed by atoms with Crippen LogP contribution in [0.5, 0.6) is 5.75 Å². The van der Waals surface area contributed by atoms with Gasteiger partial charge < -0.3 is 14.1 Å². The Morgan fingerprint density at radius 1 is 1.06 bits per heavy atom. The topological polar surface area (TPSA) is 84.6 Å². The molecule has 0 radical (unpaired) electrons. The van der Waals surface area contributed by atoms with Gasteiger partial charge in [-0.25, -0.2) is 4.98 Å². The van der Waals surface area contributed by atoms with Crippen LogP contribution in [0.4, 0.5) is 0 Å². The number of oxazole rings is 1. The third kappa shape index (κ3) is 4.83. The Balaban J connectivity index is 1.30. The lowest BCUT2D eigenvalue weighted by molar-refractivity contribution is 0.0991. The van der Waals surface area contributed by atoms with Crippen molar-refractivity contribution in [3.8, 4) is 17.2 Å². The lowest BCUT2D eigenvalue weighted by Gasteiger charge is -2.32. The zero-order chi connectivity index (χ0) is 23.5. The van der Waals surface area contributed by atoms with Crippen LogP contribution in [0.2, 0.25) is 0 Å². The van der Waals surface area contributed by atoms with Crippen LogP contribution in [0.15, 0.2) is 59.3 Å². The molecule has 1 fully saturated rings. The summed E-state index contributed by atoms with van der Waals surface area (Å²) in [6, 6.07) is 13.0. The molecule has 0 bridgehead atoms. The predicted molar refractivity (Wildman–Crippen MR) is 129 cm³/mol. The van der Waals surface area contributed by atoms with Crippen molar-refractivity contribution in [2.75, 3.05) is 40.3 Å². The van der Waals surface area contributed by atoms with Crippen LogP contribution >= 0.6 is 0 Å². The highest BCUT2D eigenvalue weighted by molar-refractivity contribution is 5.97. The van der Waals surface area contributed by atoms with Crippen LogP contribution in [0, 0.1) is 0 Å². The summed E-state index contributed by atoms with van der Waals surface area (Å²) in [5, 5.41) is 0. The quantitative estimate of drug-likeness (QED) is 0.390. The molecule has 1 saturated heterocycles. The molecule has 0 saturated carbocycles. The first kappa shape index (κ1) is 22.2. The largest absolute Gasteiger partial charge is 0.496 e. The molecular weight excluding hydrogens is 430 g/mol. The summed E-state index contributed by atoms with van der Waals surface area (Å²) in [4.78, 5) is 30.8. The average Bonchev–Trinajstić information content (AvgIpc) is 3.30. The molecule has 0 aliphatic carbocycles. The average molecular weight is 458 g/mol. The van der Waals surface area contributed by atoms with E-state index in [1.807, 2.05) is 36.4 Å². The van der Waals surface area contributed by atoms with Gasteiger partial charge in [-0.15, -0.1) is 0 Å². The molecule has 1 aliphatic heterocycles. The summed E-state index contributed by atoms with van der Waals surface area (Å²) in [5.41, 5.74) is 4.28. The van der Waals surface area contributed by atoms with Gasteiger partial charge in [-0.3, -0.25) is 14.7 Å². The van der Waals surface area contributed by atoms with Gasteiger partial charge in [-0.2, -0.15) is 4.98 Å². The maximum atomic E-state index is 13.0. The van der Waals surface area contributed by atoms with Gasteiger partial charge in [0.15, 0.2) is 17.0 Å². The van der Waals surface area contributed by atoms with E-state index in [9.17, 15) is 4.79 Å². The number of pyridine rings is 2. The molecule has 8 nitrogen and oxygen atoms in total. The van der Waals surface area contributed by atoms with E-state index >= 15 is 0 Å². The number of nitrogens with zero attached hydrogens (tertiary/aromatic N) is 5. The number of Topliss-reactive ketones (excluding diaryl/α,β-unsaturated/α-hetero) is 1. The van der Waals surface area contributed by atoms with Crippen LogP contribution in [-0.4, -0.2) is 70.9 Å². The monoisotopic (exact) mass is 457 g/mol. The molecule has 4 heterocycles. The number of ketones is 1. The van der Waals surface area contributed by atoms with Gasteiger partial charge in [0.25, 0.3) is 0 Å². The van der Waals surface area contributed by atoms with Crippen molar-refractivity contribution >= 4 is 17.0 Å². The van der Waals surface area contributed by atoms with Gasteiger partial charge in [0.05, 0.1) is 13.5 Å². The van der Waals surface area contributed by atoms with Crippen LogP contribution in [0.25, 0.3) is 22.7 Å². The minimum absolute atomic E-state index is 0.0201. The molecule has 1 aromatic carbocycles. The maximum absolute atomic E-state index is 13.0. The zero-order valence-electron chi connectivity index (χ0n) is 19.4. The zero-order valence-corrected chi connectivity index (χ0v) is 19.4. The third-order valence-electron chi connectivity index (χ3n) is 6.17. The number of aromatic nitrogens is 3. The van der Waals surface area contributed by atoms with Gasteiger partial charge in [0.1, 0.15) is 5.75 Å². The van der Waals surface area contributed by atoms with Gasteiger partial charge in [-0.05, 0) is 37.4 Å². The molecule has 1 aliphatic rings. The van der Waals surface area contributed by atoms with E-state index in [1.54, 1.807) is 25.6 Å². The van der Waals surface area contributed by atoms with Crippen molar-refractivity contribution in [3.05, 3.63) is 71.7 Å². The number of piperazine rings is 1. The molecular formula is C26H27N5O3. The Bertz CT molecular complexity index is 1280. The Hall–Kier alpha value is -3.62. The highest BCUT2D eigenvalue weighted by atomic mass is 16.5. The number of hydrogen-bond acceptors (Lipinski definition) is 8. The van der Waals surface area contributed by atoms with E-state index in [-0.39, 0.29) is 12.2 Å². The number of ether oxygens (including phenoxy) is 1. The summed E-state index contributed by atoms with van der Waals surface area (Å²) >= 11 is 0. The van der Waals surface area contributed by atoms with Crippen molar-refractivity contribution in [2.45, 2.75) is 13.0 Å². The number of carbonyl (C=O) groups excluding carboxylic acids is 1. The second kappa shape index (κ2) is 9.70. The van der Waals surface area contributed by atoms with Crippen molar-refractivity contribution in [1.29, 1.82) is 0 Å². The first-order chi connectivity index (χ1) is 16.6. The van der Waals surface area contributed by atoms with Crippen LogP contribution in [0.3, 0.4) is 0 Å². The predicted octanol–water partition coefficient (Wildman–Crippen LogP) is 3.47. The molecule has 0 unspecified atom stereocenters. The minimum atomic E-state index is -0.0201. The first-order valence-electron chi connectivity index (χ1n) is 11.4. The van der Waals surface area contributed by atoms with E-state index in [1.165, 1.54) is 0 Å². The smallest absolute Gasteiger partial charge is 0.229 e. The van der Waals surface area contributed by atoms with E-state index in [4.69, 9.17) is 9.15 Å². The fourth-order valence-electron chi connectivity index (χ4n) is 4.16. The second-order valence-corrected chi connectivity index (χ2v) is 8.59. The van der Waals surface area contributed by atoms with E-state index in [0.29, 0.717) is 28.4 Å². The van der Waals surface area contributed by atoms with Crippen molar-refractivity contribution in [2.24, 2.45) is 0 Å². The highest BCUT2D eigenvalue weighted by Crippen LogP contribution is 2.25. The molecule has 0 N–H and O–H groups in total. The standard InChI is InChI=1S/C26H27N5O3/c1-30-10-12-31(13-11-30)17-20-6-5-18(15-24(20)33-2)22(32)16-21-14-19(7-9-27-21)26-29-25-23(34-26)4-3-8-28-25/h3-9,14-15H,10-13,16-17H2,1-2H3. The van der Waals surface area contributed by atoms with Crippen molar-refractivity contribution in [1.82, 2.24) is 24.8 Å². The van der Waals surface area contributed by atoms with E-state index < -0.39 is 0 Å². The van der Waals surface area contributed by atoms with Crippen LogP contribution < -0.4 is 4.74 Å². The number of fused-ring (bicyclic) bond motifs is 1. The number of rotatable bonds is 7. The SMILES string of the molecule is COc1cc(C(=O)Cc2cc(-c3nc4ncccc4o3)ccn2)ccc1CN1CCN(C)CC1. The number of methoxy groups -OCH3 is 1. The lowest BCUT2D eigenvalue weighted by Crippen LogP contribution is -2.43. The van der Waals surface area contributed by atoms with Gasteiger partial charge in [0, 0.05) is 67.5 Å². The second-order valence-electron chi connectivity index (χ2n) is 8.59. The number of likely N-dealkylation sites (N-methyl/N-ethyl adjacent to an activating group) is 1. The Morgan fingerprint density at radius 3 is 2.71 bits per heavy atom. The van der Waals surface area contributed by atoms with Gasteiger partial charge in [0.2, 0.25) is 5.89 Å².